The van der Waals surface area contributed by atoms with E-state index >= 15 is 0 Å². The van der Waals surface area contributed by atoms with Crippen molar-refractivity contribution in [2.75, 3.05) is 6.61 Å². The number of ether oxygens (including phenoxy) is 1. The predicted molar refractivity (Wildman–Crippen MR) is 123 cm³/mol. The lowest BCUT2D eigenvalue weighted by atomic mass is 10.1. The summed E-state index contributed by atoms with van der Waals surface area (Å²) in [6.07, 6.45) is 0. The molecule has 0 aliphatic heterocycles. The summed E-state index contributed by atoms with van der Waals surface area (Å²) >= 11 is 3.41. The number of carbonyl (C=O) groups is 1. The molecular formula is C23H23BrN2O4S. The largest absolute Gasteiger partial charge is 0.484 e. The van der Waals surface area contributed by atoms with Crippen LogP contribution in [0.4, 0.5) is 0 Å². The number of sulfonamides is 1. The molecule has 3 aromatic rings. The van der Waals surface area contributed by atoms with Crippen molar-refractivity contribution < 1.29 is 17.9 Å². The molecule has 3 aromatic carbocycles. The number of carbonyl (C=O) groups excluding carboxylic acids is 1. The molecule has 31 heavy (non-hydrogen) atoms. The fourth-order valence-corrected chi connectivity index (χ4v) is 4.30. The Morgan fingerprint density at radius 2 is 1.71 bits per heavy atom. The van der Waals surface area contributed by atoms with E-state index in [1.54, 1.807) is 0 Å². The Morgan fingerprint density at radius 1 is 1.00 bits per heavy atom. The van der Waals surface area contributed by atoms with Crippen molar-refractivity contribution >= 4 is 31.9 Å². The van der Waals surface area contributed by atoms with E-state index in [1.165, 1.54) is 24.3 Å². The molecule has 0 aliphatic rings. The maximum absolute atomic E-state index is 12.4. The van der Waals surface area contributed by atoms with Crippen LogP contribution in [0.1, 0.15) is 24.1 Å². The van der Waals surface area contributed by atoms with E-state index in [4.69, 9.17) is 4.74 Å². The van der Waals surface area contributed by atoms with E-state index < -0.39 is 10.0 Å². The second-order valence-electron chi connectivity index (χ2n) is 6.91. The zero-order valence-corrected chi connectivity index (χ0v) is 19.3. The smallest absolute Gasteiger partial charge is 0.258 e. The Bertz CT molecular complexity index is 1120. The van der Waals surface area contributed by atoms with Gasteiger partial charge in [0, 0.05) is 11.0 Å². The molecule has 6 nitrogen and oxygen atoms in total. The molecule has 2 N–H and O–H groups in total. The molecule has 3 rings (SSSR count). The molecule has 0 fully saturated rings. The summed E-state index contributed by atoms with van der Waals surface area (Å²) in [5.74, 6) is 0.140. The van der Waals surface area contributed by atoms with Gasteiger partial charge in [0.25, 0.3) is 5.91 Å². The minimum atomic E-state index is -3.65. The second-order valence-corrected chi connectivity index (χ2v) is 9.60. The zero-order valence-electron chi connectivity index (χ0n) is 16.9. The highest BCUT2D eigenvalue weighted by molar-refractivity contribution is 9.10. The van der Waals surface area contributed by atoms with Crippen LogP contribution >= 0.6 is 15.9 Å². The van der Waals surface area contributed by atoms with Gasteiger partial charge in [-0.05, 0) is 54.4 Å². The molecular weight excluding hydrogens is 480 g/mol. The van der Waals surface area contributed by atoms with Gasteiger partial charge in [0.05, 0.1) is 10.9 Å². The molecule has 0 heterocycles. The lowest BCUT2D eigenvalue weighted by Gasteiger charge is -2.15. The average molecular weight is 503 g/mol. The third kappa shape index (κ3) is 6.92. The van der Waals surface area contributed by atoms with E-state index in [1.807, 2.05) is 61.5 Å². The maximum atomic E-state index is 12.4. The van der Waals surface area contributed by atoms with E-state index in [2.05, 4.69) is 26.0 Å². The molecule has 0 aliphatic carbocycles. The van der Waals surface area contributed by atoms with Crippen LogP contribution in [0, 0.1) is 0 Å². The summed E-state index contributed by atoms with van der Waals surface area (Å²) in [5, 5.41) is 2.87. The van der Waals surface area contributed by atoms with Crippen LogP contribution in [-0.4, -0.2) is 20.9 Å². The van der Waals surface area contributed by atoms with Crippen molar-refractivity contribution in [2.45, 2.75) is 24.4 Å². The number of amides is 1. The first kappa shape index (κ1) is 23.0. The van der Waals surface area contributed by atoms with Crippen molar-refractivity contribution in [3.63, 3.8) is 0 Å². The minimum Gasteiger partial charge on any atom is -0.484 e. The molecule has 0 saturated heterocycles. The average Bonchev–Trinajstić information content (AvgIpc) is 2.77. The third-order valence-electron chi connectivity index (χ3n) is 4.54. The summed E-state index contributed by atoms with van der Waals surface area (Å²) < 4.78 is 33.9. The monoisotopic (exact) mass is 502 g/mol. The number of hydrogen-bond donors (Lipinski definition) is 2. The van der Waals surface area contributed by atoms with Crippen LogP contribution in [0.5, 0.6) is 5.75 Å². The van der Waals surface area contributed by atoms with E-state index in [0.29, 0.717) is 5.75 Å². The van der Waals surface area contributed by atoms with Gasteiger partial charge >= 0.3 is 0 Å². The van der Waals surface area contributed by atoms with Crippen molar-refractivity contribution in [3.8, 4) is 5.75 Å². The summed E-state index contributed by atoms with van der Waals surface area (Å²) in [4.78, 5) is 12.3. The molecule has 1 atom stereocenters. The molecule has 162 valence electrons. The molecule has 0 saturated carbocycles. The fraction of sp³-hybridized carbons (Fsp3) is 0.174. The van der Waals surface area contributed by atoms with Gasteiger partial charge in [0.15, 0.2) is 6.61 Å². The SMILES string of the molecule is C[C@@H](NC(=O)COc1ccc(S(=O)(=O)NCc2ccccc2)cc1)c1cccc(Br)c1. The molecule has 0 aromatic heterocycles. The van der Waals surface area contributed by atoms with Gasteiger partial charge in [0.2, 0.25) is 10.0 Å². The van der Waals surface area contributed by atoms with E-state index in [0.717, 1.165) is 15.6 Å². The summed E-state index contributed by atoms with van der Waals surface area (Å²) in [7, 11) is -3.65. The van der Waals surface area contributed by atoms with Crippen LogP contribution in [-0.2, 0) is 21.4 Å². The van der Waals surface area contributed by atoms with Crippen LogP contribution in [0.25, 0.3) is 0 Å². The van der Waals surface area contributed by atoms with Gasteiger partial charge in [-0.25, -0.2) is 13.1 Å². The fourth-order valence-electron chi connectivity index (χ4n) is 2.86. The van der Waals surface area contributed by atoms with Crippen molar-refractivity contribution in [3.05, 3.63) is 94.5 Å². The van der Waals surface area contributed by atoms with Gasteiger partial charge in [-0.3, -0.25) is 4.79 Å². The lowest BCUT2D eigenvalue weighted by Crippen LogP contribution is -2.31. The van der Waals surface area contributed by atoms with Crippen LogP contribution in [0.2, 0.25) is 0 Å². The molecule has 0 radical (unpaired) electrons. The number of rotatable bonds is 9. The van der Waals surface area contributed by atoms with E-state index in [-0.39, 0.29) is 30.0 Å². The van der Waals surface area contributed by atoms with Gasteiger partial charge in [0.1, 0.15) is 5.75 Å². The first-order chi connectivity index (χ1) is 14.8. The molecule has 0 unspecified atom stereocenters. The Hall–Kier alpha value is -2.68. The number of halogens is 1. The van der Waals surface area contributed by atoms with Crippen LogP contribution < -0.4 is 14.8 Å². The van der Waals surface area contributed by atoms with Crippen LogP contribution in [0.3, 0.4) is 0 Å². The number of hydrogen-bond acceptors (Lipinski definition) is 4. The number of nitrogens with one attached hydrogen (secondary N) is 2. The first-order valence-corrected chi connectivity index (χ1v) is 11.9. The highest BCUT2D eigenvalue weighted by Crippen LogP contribution is 2.19. The quantitative estimate of drug-likeness (QED) is 0.459. The number of benzene rings is 3. The van der Waals surface area contributed by atoms with Crippen molar-refractivity contribution in [1.82, 2.24) is 10.0 Å². The van der Waals surface area contributed by atoms with Gasteiger partial charge < -0.3 is 10.1 Å². The van der Waals surface area contributed by atoms with Crippen LogP contribution in [0.15, 0.2) is 88.2 Å². The summed E-state index contributed by atoms with van der Waals surface area (Å²) in [6.45, 7) is 1.93. The highest BCUT2D eigenvalue weighted by Gasteiger charge is 2.14. The Balaban J connectivity index is 1.51. The van der Waals surface area contributed by atoms with E-state index in [9.17, 15) is 13.2 Å². The zero-order chi connectivity index (χ0) is 22.3. The van der Waals surface area contributed by atoms with Gasteiger partial charge in [-0.2, -0.15) is 0 Å². The maximum Gasteiger partial charge on any atom is 0.258 e. The molecule has 0 spiro atoms. The summed E-state index contributed by atoms with van der Waals surface area (Å²) in [6, 6.07) is 22.8. The minimum absolute atomic E-state index is 0.128. The molecule has 0 bridgehead atoms. The summed E-state index contributed by atoms with van der Waals surface area (Å²) in [5.41, 5.74) is 1.84. The first-order valence-electron chi connectivity index (χ1n) is 9.65. The second kappa shape index (κ2) is 10.6. The standard InChI is InChI=1S/C23H23BrN2O4S/c1-17(19-8-5-9-20(24)14-19)26-23(27)16-30-21-10-12-22(13-11-21)31(28,29)25-15-18-6-3-2-4-7-18/h2-14,17,25H,15-16H2,1H3,(H,26,27)/t17-/m1/s1. The third-order valence-corrected chi connectivity index (χ3v) is 6.45. The predicted octanol–water partition coefficient (Wildman–Crippen LogP) is 4.18. The molecule has 1 amide bonds. The highest BCUT2D eigenvalue weighted by atomic mass is 79.9. The Kier molecular flexibility index (Phi) is 7.84. The van der Waals surface area contributed by atoms with Gasteiger partial charge in [-0.15, -0.1) is 0 Å². The van der Waals surface area contributed by atoms with Crippen molar-refractivity contribution in [1.29, 1.82) is 0 Å². The Morgan fingerprint density at radius 3 is 2.39 bits per heavy atom. The topological polar surface area (TPSA) is 84.5 Å². The lowest BCUT2D eigenvalue weighted by molar-refractivity contribution is -0.123. The van der Waals surface area contributed by atoms with Gasteiger partial charge in [-0.1, -0.05) is 58.4 Å². The van der Waals surface area contributed by atoms with Crippen molar-refractivity contribution in [2.24, 2.45) is 0 Å². The Labute approximate surface area is 190 Å². The molecule has 8 heteroatoms. The normalized spacial score (nSPS) is 12.2.